The summed E-state index contributed by atoms with van der Waals surface area (Å²) in [6.45, 7) is 8.91. The van der Waals surface area contributed by atoms with Crippen LogP contribution in [0.2, 0.25) is 0 Å². The summed E-state index contributed by atoms with van der Waals surface area (Å²) >= 11 is 1.23. The molecule has 0 spiro atoms. The highest BCUT2D eigenvalue weighted by Gasteiger charge is 2.20. The van der Waals surface area contributed by atoms with Gasteiger partial charge in [0.2, 0.25) is 0 Å². The van der Waals surface area contributed by atoms with Gasteiger partial charge in [-0.1, -0.05) is 33.1 Å². The van der Waals surface area contributed by atoms with Gasteiger partial charge in [0.25, 0.3) is 5.56 Å². The molecule has 0 radical (unpaired) electrons. The fourth-order valence-corrected chi connectivity index (χ4v) is 3.91. The second kappa shape index (κ2) is 8.42. The van der Waals surface area contributed by atoms with Gasteiger partial charge in [-0.3, -0.25) is 9.36 Å². The Bertz CT molecular complexity index is 763. The van der Waals surface area contributed by atoms with Crippen molar-refractivity contribution in [3.63, 3.8) is 0 Å². The minimum Gasteiger partial charge on any atom is -0.462 e. The van der Waals surface area contributed by atoms with Crippen LogP contribution >= 0.6 is 11.3 Å². The molecule has 0 bridgehead atoms. The molecule has 0 fully saturated rings. The first-order valence-corrected chi connectivity index (χ1v) is 9.50. The maximum atomic E-state index is 12.8. The lowest BCUT2D eigenvalue weighted by molar-refractivity contribution is 0.0531. The molecule has 2 aromatic heterocycles. The van der Waals surface area contributed by atoms with Gasteiger partial charge < -0.3 is 4.74 Å². The van der Waals surface area contributed by atoms with E-state index in [9.17, 15) is 9.59 Å². The normalized spacial score (nSPS) is 12.5. The molecule has 1 unspecified atom stereocenters. The number of fused-ring (bicyclic) bond motifs is 1. The Morgan fingerprint density at radius 3 is 2.75 bits per heavy atom. The third-order valence-electron chi connectivity index (χ3n) is 4.38. The maximum absolute atomic E-state index is 12.8. The van der Waals surface area contributed by atoms with Crippen molar-refractivity contribution in [2.75, 3.05) is 6.61 Å². The van der Waals surface area contributed by atoms with E-state index in [2.05, 4.69) is 18.8 Å². The molecule has 2 heterocycles. The van der Waals surface area contributed by atoms with E-state index >= 15 is 0 Å². The van der Waals surface area contributed by atoms with Gasteiger partial charge in [-0.15, -0.1) is 11.3 Å². The summed E-state index contributed by atoms with van der Waals surface area (Å²) in [4.78, 5) is 30.4. The van der Waals surface area contributed by atoms with E-state index in [4.69, 9.17) is 4.74 Å². The standard InChI is InChI=1S/C18H26N2O3S/c1-5-8-9-13(6-2)10-20-11-19-16-14(17(20)21)12(4)15(24-16)18(22)23-7-3/h11,13H,5-10H2,1-4H3. The van der Waals surface area contributed by atoms with Gasteiger partial charge >= 0.3 is 5.97 Å². The van der Waals surface area contributed by atoms with Gasteiger partial charge in [-0.05, 0) is 31.7 Å². The second-order valence-electron chi connectivity index (χ2n) is 6.08. The first-order chi connectivity index (χ1) is 11.5. The smallest absolute Gasteiger partial charge is 0.348 e. The van der Waals surface area contributed by atoms with Crippen LogP contribution in [-0.4, -0.2) is 22.1 Å². The van der Waals surface area contributed by atoms with E-state index in [0.29, 0.717) is 39.7 Å². The number of thiophene rings is 1. The van der Waals surface area contributed by atoms with Crippen molar-refractivity contribution in [1.29, 1.82) is 0 Å². The first-order valence-electron chi connectivity index (χ1n) is 8.69. The molecule has 0 aliphatic carbocycles. The van der Waals surface area contributed by atoms with Crippen molar-refractivity contribution in [2.45, 2.75) is 59.9 Å². The van der Waals surface area contributed by atoms with Gasteiger partial charge in [0.1, 0.15) is 9.71 Å². The Kier molecular flexibility index (Phi) is 6.54. The molecule has 0 aliphatic heterocycles. The zero-order chi connectivity index (χ0) is 17.7. The first kappa shape index (κ1) is 18.6. The molecule has 0 amide bonds. The van der Waals surface area contributed by atoms with Crippen LogP contribution in [0.25, 0.3) is 10.2 Å². The van der Waals surface area contributed by atoms with Crippen molar-refractivity contribution in [3.8, 4) is 0 Å². The van der Waals surface area contributed by atoms with Gasteiger partial charge in [0.05, 0.1) is 18.3 Å². The average molecular weight is 350 g/mol. The summed E-state index contributed by atoms with van der Waals surface area (Å²) in [6, 6.07) is 0. The molecular formula is C18H26N2O3S. The van der Waals surface area contributed by atoms with Crippen molar-refractivity contribution in [3.05, 3.63) is 27.1 Å². The number of aryl methyl sites for hydroxylation is 1. The maximum Gasteiger partial charge on any atom is 0.348 e. The van der Waals surface area contributed by atoms with E-state index in [1.807, 2.05) is 0 Å². The number of esters is 1. The Morgan fingerprint density at radius 2 is 2.12 bits per heavy atom. The molecule has 2 rings (SSSR count). The molecule has 5 nitrogen and oxygen atoms in total. The number of hydrogen-bond donors (Lipinski definition) is 0. The van der Waals surface area contributed by atoms with Gasteiger partial charge in [-0.25, -0.2) is 9.78 Å². The summed E-state index contributed by atoms with van der Waals surface area (Å²) in [6.07, 6.45) is 6.11. The molecule has 6 heteroatoms. The molecule has 0 saturated heterocycles. The SMILES string of the molecule is CCCCC(CC)Cn1cnc2sc(C(=O)OCC)c(C)c2c1=O. The number of ether oxygens (including phenoxy) is 1. The highest BCUT2D eigenvalue weighted by atomic mass is 32.1. The van der Waals surface area contributed by atoms with Gasteiger partial charge in [-0.2, -0.15) is 0 Å². The minimum absolute atomic E-state index is 0.0563. The molecule has 0 aliphatic rings. The predicted molar refractivity (Wildman–Crippen MR) is 97.9 cm³/mol. The number of hydrogen-bond acceptors (Lipinski definition) is 5. The van der Waals surface area contributed by atoms with Crippen LogP contribution < -0.4 is 5.56 Å². The van der Waals surface area contributed by atoms with Crippen LogP contribution in [0.5, 0.6) is 0 Å². The van der Waals surface area contributed by atoms with E-state index in [-0.39, 0.29) is 11.5 Å². The van der Waals surface area contributed by atoms with Crippen LogP contribution in [0.1, 0.15) is 61.7 Å². The molecule has 24 heavy (non-hydrogen) atoms. The van der Waals surface area contributed by atoms with E-state index in [1.165, 1.54) is 17.8 Å². The Morgan fingerprint density at radius 1 is 1.38 bits per heavy atom. The number of nitrogens with zero attached hydrogens (tertiary/aromatic N) is 2. The number of unbranched alkanes of at least 4 members (excludes halogenated alkanes) is 1. The summed E-state index contributed by atoms with van der Waals surface area (Å²) in [7, 11) is 0. The third-order valence-corrected chi connectivity index (χ3v) is 5.56. The molecule has 1 atom stereocenters. The molecular weight excluding hydrogens is 324 g/mol. The molecule has 0 saturated carbocycles. The molecule has 132 valence electrons. The summed E-state index contributed by atoms with van der Waals surface area (Å²) < 4.78 is 6.76. The summed E-state index contributed by atoms with van der Waals surface area (Å²) in [5, 5.41) is 0.552. The van der Waals surface area contributed by atoms with Crippen molar-refractivity contribution >= 4 is 27.5 Å². The predicted octanol–water partition coefficient (Wildman–Crippen LogP) is 4.16. The topological polar surface area (TPSA) is 61.2 Å². The average Bonchev–Trinajstić information content (AvgIpc) is 2.91. The van der Waals surface area contributed by atoms with Crippen molar-refractivity contribution in [1.82, 2.24) is 9.55 Å². The molecule has 2 aromatic rings. The number of carbonyl (C=O) groups is 1. The van der Waals surface area contributed by atoms with Gasteiger partial charge in [0, 0.05) is 6.54 Å². The Balaban J connectivity index is 2.38. The monoisotopic (exact) mass is 350 g/mol. The highest BCUT2D eigenvalue weighted by Crippen LogP contribution is 2.27. The highest BCUT2D eigenvalue weighted by molar-refractivity contribution is 7.20. The van der Waals surface area contributed by atoms with Crippen LogP contribution in [0.4, 0.5) is 0 Å². The number of carbonyl (C=O) groups excluding carboxylic acids is 1. The largest absolute Gasteiger partial charge is 0.462 e. The zero-order valence-electron chi connectivity index (χ0n) is 14.9. The number of aromatic nitrogens is 2. The Labute approximate surface area is 146 Å². The van der Waals surface area contributed by atoms with Crippen LogP contribution in [0.15, 0.2) is 11.1 Å². The van der Waals surface area contributed by atoms with Crippen LogP contribution in [-0.2, 0) is 11.3 Å². The van der Waals surface area contributed by atoms with Crippen molar-refractivity contribution < 1.29 is 9.53 Å². The van der Waals surface area contributed by atoms with Gasteiger partial charge in [0.15, 0.2) is 0 Å². The zero-order valence-corrected chi connectivity index (χ0v) is 15.7. The molecule has 0 aromatic carbocycles. The quantitative estimate of drug-likeness (QED) is 0.671. The fraction of sp³-hybridized carbons (Fsp3) is 0.611. The lowest BCUT2D eigenvalue weighted by Crippen LogP contribution is -2.24. The second-order valence-corrected chi connectivity index (χ2v) is 7.07. The fourth-order valence-electron chi connectivity index (χ4n) is 2.88. The summed E-state index contributed by atoms with van der Waals surface area (Å²) in [5.41, 5.74) is 0.626. The number of rotatable bonds is 8. The van der Waals surface area contributed by atoms with Crippen LogP contribution in [0.3, 0.4) is 0 Å². The van der Waals surface area contributed by atoms with E-state index in [1.54, 1.807) is 24.7 Å². The van der Waals surface area contributed by atoms with E-state index < -0.39 is 0 Å². The lowest BCUT2D eigenvalue weighted by atomic mass is 9.99. The van der Waals surface area contributed by atoms with Crippen LogP contribution in [0, 0.1) is 12.8 Å². The lowest BCUT2D eigenvalue weighted by Gasteiger charge is -2.15. The third kappa shape index (κ3) is 3.86. The summed E-state index contributed by atoms with van der Waals surface area (Å²) in [5.74, 6) is 0.101. The molecule has 0 N–H and O–H groups in total. The Hall–Kier alpha value is -1.69. The van der Waals surface area contributed by atoms with E-state index in [0.717, 1.165) is 19.3 Å². The van der Waals surface area contributed by atoms with Crippen molar-refractivity contribution in [2.24, 2.45) is 5.92 Å². The minimum atomic E-state index is -0.377.